The van der Waals surface area contributed by atoms with E-state index < -0.39 is 88.8 Å². The number of benzene rings is 3. The maximum Gasteiger partial charge on any atom is 0.312 e. The third-order valence-corrected chi connectivity index (χ3v) is 13.6. The lowest BCUT2D eigenvalue weighted by molar-refractivity contribution is -0.160. The fraction of sp³-hybridized carbons (Fsp3) is 0.537. The first-order chi connectivity index (χ1) is 35.3. The third kappa shape index (κ3) is 13.2. The van der Waals surface area contributed by atoms with Gasteiger partial charge in [0.15, 0.2) is 17.2 Å². The zero-order chi connectivity index (χ0) is 53.9. The normalized spacial score (nSPS) is 28.9. The summed E-state index contributed by atoms with van der Waals surface area (Å²) in [7, 11) is 1.43. The van der Waals surface area contributed by atoms with Gasteiger partial charge in [-0.2, -0.15) is 0 Å². The van der Waals surface area contributed by atoms with Gasteiger partial charge in [0.1, 0.15) is 36.6 Å². The Labute approximate surface area is 431 Å². The second kappa shape index (κ2) is 25.9. The Bertz CT molecular complexity index is 2560. The standard InChI is InChI=1S/C54H72N2O18/c1-29-11-10-12-30(2)53(64)56-44-37(28-55-36-13-14-39-40(27-36)71-26-24-69-22-20-67-18-17-66-19-21-68-23-25-70-39)48(61)41-42(49(44)62)47(60)34(6)51-43(41)52(63)54(8,74-51)72-16-15-38(65-9)31(3)50(73-35(7)57)33(5)46(59)32(4)45(29)58/h10-16,27,29,31-33,38,45-46,50,55,58-62H,17-26,28H2,1-9H3,(H,56,64)/b11-10-,16-15-,30-12+/t29-,31+,32-,33+,38-,45-,46+,50+,54-/m0/s1. The largest absolute Gasteiger partial charge is 0.507 e. The van der Waals surface area contributed by atoms with Crippen LogP contribution in [-0.4, -0.2) is 147 Å². The number of phenols is 3. The van der Waals surface area contributed by atoms with Crippen molar-refractivity contribution in [3.05, 3.63) is 71.0 Å². The topological polar surface area (TPSA) is 269 Å². The fourth-order valence-electron chi connectivity index (χ4n) is 9.18. The summed E-state index contributed by atoms with van der Waals surface area (Å²) in [6, 6.07) is 5.04. The average Bonchev–Trinajstić information content (AvgIpc) is 3.64. The Hall–Kier alpha value is -6.13. The minimum absolute atomic E-state index is 0.0238. The number of phenolic OH excluding ortho intramolecular Hbond substituents is 3. The molecule has 20 heteroatoms. The summed E-state index contributed by atoms with van der Waals surface area (Å²) < 4.78 is 58.3. The van der Waals surface area contributed by atoms with E-state index in [9.17, 15) is 39.9 Å². The number of carbonyl (C=O) groups is 3. The molecule has 0 aromatic heterocycles. The predicted molar refractivity (Wildman–Crippen MR) is 272 cm³/mol. The summed E-state index contributed by atoms with van der Waals surface area (Å²) in [6.45, 7) is 15.4. The van der Waals surface area contributed by atoms with E-state index >= 15 is 0 Å². The van der Waals surface area contributed by atoms with Crippen molar-refractivity contribution in [1.29, 1.82) is 0 Å². The fourth-order valence-corrected chi connectivity index (χ4v) is 9.18. The molecule has 20 nitrogen and oxygen atoms in total. The van der Waals surface area contributed by atoms with Gasteiger partial charge in [-0.3, -0.25) is 14.4 Å². The Morgan fingerprint density at radius 1 is 0.784 bits per heavy atom. The number of methoxy groups -OCH3 is 1. The Balaban J connectivity index is 1.43. The van der Waals surface area contributed by atoms with Crippen LogP contribution in [0.1, 0.15) is 70.0 Å². The molecule has 4 aliphatic heterocycles. The molecule has 7 rings (SSSR count). The molecule has 0 saturated heterocycles. The molecule has 0 unspecified atom stereocenters. The highest BCUT2D eigenvalue weighted by Gasteiger charge is 2.50. The van der Waals surface area contributed by atoms with Crippen LogP contribution >= 0.6 is 0 Å². The van der Waals surface area contributed by atoms with Crippen LogP contribution in [0.15, 0.2) is 54.3 Å². The number of hydrogen-bond acceptors (Lipinski definition) is 19. The summed E-state index contributed by atoms with van der Waals surface area (Å²) >= 11 is 0. The number of hydrogen-bond donors (Lipinski definition) is 7. The number of nitrogens with one attached hydrogen (secondary N) is 2. The van der Waals surface area contributed by atoms with Crippen LogP contribution in [-0.2, 0) is 49.3 Å². The zero-order valence-electron chi connectivity index (χ0n) is 43.6. The molecule has 5 bridgehead atoms. The van der Waals surface area contributed by atoms with Gasteiger partial charge >= 0.3 is 11.8 Å². The number of fused-ring (bicyclic) bond motifs is 15. The molecular weight excluding hydrogens is 965 g/mol. The van der Waals surface area contributed by atoms with E-state index in [4.69, 9.17) is 47.4 Å². The average molecular weight is 1040 g/mol. The lowest BCUT2D eigenvalue weighted by Gasteiger charge is -2.38. The van der Waals surface area contributed by atoms with Crippen LogP contribution in [0, 0.1) is 30.6 Å². The maximum absolute atomic E-state index is 14.7. The molecule has 4 aliphatic rings. The second-order valence-electron chi connectivity index (χ2n) is 18.8. The molecule has 3 aromatic rings. The first kappa shape index (κ1) is 57.2. The number of aromatic hydroxyl groups is 3. The number of ketones is 1. The van der Waals surface area contributed by atoms with Crippen LogP contribution in [0.3, 0.4) is 0 Å². The highest BCUT2D eigenvalue weighted by molar-refractivity contribution is 6.22. The molecule has 74 heavy (non-hydrogen) atoms. The Morgan fingerprint density at radius 2 is 1.39 bits per heavy atom. The van der Waals surface area contributed by atoms with Crippen molar-refractivity contribution >= 4 is 39.8 Å². The van der Waals surface area contributed by atoms with Crippen LogP contribution in [0.4, 0.5) is 11.4 Å². The Morgan fingerprint density at radius 3 is 2.00 bits per heavy atom. The van der Waals surface area contributed by atoms with Crippen LogP contribution in [0.2, 0.25) is 0 Å². The van der Waals surface area contributed by atoms with Gasteiger partial charge in [0.05, 0.1) is 94.1 Å². The number of Topliss-reactive ketones (excluding diaryl/α,β-unsaturated/α-hetero) is 1. The number of esters is 1. The van der Waals surface area contributed by atoms with Crippen molar-refractivity contribution in [2.24, 2.45) is 23.7 Å². The number of ether oxygens (including phenoxy) is 10. The molecule has 1 amide bonds. The van der Waals surface area contributed by atoms with E-state index in [1.54, 1.807) is 58.0 Å². The van der Waals surface area contributed by atoms with Crippen molar-refractivity contribution in [2.45, 2.75) is 92.1 Å². The summed E-state index contributed by atoms with van der Waals surface area (Å²) in [5.74, 6) is -7.98. The van der Waals surface area contributed by atoms with Gasteiger partial charge < -0.3 is 83.5 Å². The van der Waals surface area contributed by atoms with Crippen molar-refractivity contribution in [3.8, 4) is 34.5 Å². The van der Waals surface area contributed by atoms with Gasteiger partial charge in [-0.1, -0.05) is 45.9 Å². The molecule has 0 saturated carbocycles. The number of amides is 1. The molecule has 0 aliphatic carbocycles. The van der Waals surface area contributed by atoms with E-state index in [-0.39, 0.29) is 77.4 Å². The molecular formula is C54H72N2O18. The summed E-state index contributed by atoms with van der Waals surface area (Å²) in [5.41, 5.74) is 0.0340. The van der Waals surface area contributed by atoms with Crippen LogP contribution in [0.5, 0.6) is 34.5 Å². The quantitative estimate of drug-likeness (QED) is 0.0851. The first-order valence-electron chi connectivity index (χ1n) is 24.8. The zero-order valence-corrected chi connectivity index (χ0v) is 43.6. The van der Waals surface area contributed by atoms with E-state index in [1.165, 1.54) is 53.2 Å². The number of anilines is 2. The molecule has 0 fully saturated rings. The van der Waals surface area contributed by atoms with E-state index in [1.807, 2.05) is 0 Å². The SMILES string of the molecule is CO[C@H]1/C=C\O[C@@]2(C)Oc3c(C)c(O)c4c(O)c(c(CNc5ccc6c(c5)OCCOCCOCCOCCOCCO6)c(O)c4c3C2=O)NC(=O)/C(C)=C/C=C\[C@H](C)[C@H](O)[C@H](C)[C@@H](O)[C@@H](C)[C@H](OC(C)=O)[C@@H]1C. The number of aliphatic hydroxyl groups is 2. The minimum Gasteiger partial charge on any atom is -0.507 e. The van der Waals surface area contributed by atoms with Gasteiger partial charge in [0.25, 0.3) is 11.7 Å². The molecule has 7 N–H and O–H groups in total. The lowest BCUT2D eigenvalue weighted by atomic mass is 9.78. The summed E-state index contributed by atoms with van der Waals surface area (Å²) in [4.78, 5) is 41.2. The van der Waals surface area contributed by atoms with Gasteiger partial charge in [-0.05, 0) is 32.1 Å². The van der Waals surface area contributed by atoms with E-state index in [0.29, 0.717) is 56.8 Å². The van der Waals surface area contributed by atoms with Gasteiger partial charge in [0.2, 0.25) is 0 Å². The second-order valence-corrected chi connectivity index (χ2v) is 18.8. The maximum atomic E-state index is 14.7. The number of carbonyl (C=O) groups excluding carboxylic acids is 3. The van der Waals surface area contributed by atoms with Gasteiger partial charge in [0, 0.05) is 85.0 Å². The molecule has 3 aromatic carbocycles. The van der Waals surface area contributed by atoms with Gasteiger partial charge in [-0.15, -0.1) is 0 Å². The molecule has 9 atom stereocenters. The smallest absolute Gasteiger partial charge is 0.312 e. The van der Waals surface area contributed by atoms with Crippen LogP contribution in [0.25, 0.3) is 10.8 Å². The van der Waals surface area contributed by atoms with Crippen molar-refractivity contribution in [1.82, 2.24) is 0 Å². The number of allylic oxidation sites excluding steroid dienone is 2. The molecule has 406 valence electrons. The lowest BCUT2D eigenvalue weighted by Crippen LogP contribution is -2.46. The first-order valence-corrected chi connectivity index (χ1v) is 24.8. The van der Waals surface area contributed by atoms with Crippen LogP contribution < -0.4 is 24.8 Å². The number of aliphatic hydroxyl groups excluding tert-OH is 2. The van der Waals surface area contributed by atoms with Crippen molar-refractivity contribution < 1.29 is 87.3 Å². The highest BCUT2D eigenvalue weighted by atomic mass is 16.7. The molecule has 0 radical (unpaired) electrons. The predicted octanol–water partition coefficient (Wildman–Crippen LogP) is 6.20. The summed E-state index contributed by atoms with van der Waals surface area (Å²) in [5, 5.41) is 64.9. The van der Waals surface area contributed by atoms with E-state index in [2.05, 4.69) is 10.6 Å². The van der Waals surface area contributed by atoms with Crippen molar-refractivity contribution in [3.63, 3.8) is 0 Å². The van der Waals surface area contributed by atoms with Gasteiger partial charge in [-0.25, -0.2) is 0 Å². The monoisotopic (exact) mass is 1040 g/mol. The minimum atomic E-state index is -2.10. The Kier molecular flexibility index (Phi) is 20.0. The number of rotatable bonds is 5. The van der Waals surface area contributed by atoms with Crippen molar-refractivity contribution in [2.75, 3.05) is 83.8 Å². The highest BCUT2D eigenvalue weighted by Crippen LogP contribution is 2.55. The molecule has 4 heterocycles. The summed E-state index contributed by atoms with van der Waals surface area (Å²) in [6.07, 6.45) is 3.39. The van der Waals surface area contributed by atoms with E-state index in [0.717, 1.165) is 0 Å². The molecule has 0 spiro atoms. The third-order valence-electron chi connectivity index (χ3n) is 13.6.